The maximum Gasteiger partial charge on any atom is 0.223 e. The quantitative estimate of drug-likeness (QED) is 0.303. The minimum absolute atomic E-state index is 0.0514. The molecule has 12 heteroatoms. The van der Waals surface area contributed by atoms with Crippen molar-refractivity contribution in [3.63, 3.8) is 0 Å². The molecule has 6 rings (SSSR count). The summed E-state index contributed by atoms with van der Waals surface area (Å²) in [5.74, 6) is 4.00. The number of hydrogen-bond donors (Lipinski definition) is 1. The van der Waals surface area contributed by atoms with Gasteiger partial charge in [-0.05, 0) is 38.5 Å². The number of fused-ring (bicyclic) bond motifs is 6. The second-order valence-corrected chi connectivity index (χ2v) is 11.5. The Kier molecular flexibility index (Phi) is 9.02. The second kappa shape index (κ2) is 13.2. The van der Waals surface area contributed by atoms with Crippen molar-refractivity contribution in [3.05, 3.63) is 54.5 Å². The van der Waals surface area contributed by atoms with E-state index in [2.05, 4.69) is 52.6 Å². The van der Waals surface area contributed by atoms with Crippen LogP contribution in [0, 0.1) is 0 Å². The van der Waals surface area contributed by atoms with Crippen molar-refractivity contribution in [1.29, 1.82) is 0 Å². The van der Waals surface area contributed by atoms with Gasteiger partial charge in [-0.25, -0.2) is 19.6 Å². The Hall–Kier alpha value is -3.79. The van der Waals surface area contributed by atoms with E-state index in [-0.39, 0.29) is 6.10 Å². The Morgan fingerprint density at radius 1 is 1.05 bits per heavy atom. The number of piperazine rings is 1. The van der Waals surface area contributed by atoms with Gasteiger partial charge in [-0.1, -0.05) is 21.5 Å². The van der Waals surface area contributed by atoms with Gasteiger partial charge in [0.1, 0.15) is 28.7 Å². The molecule has 4 aromatic rings. The molecule has 0 aliphatic carbocycles. The molecule has 0 radical (unpaired) electrons. The summed E-state index contributed by atoms with van der Waals surface area (Å²) < 4.78 is 22.7. The molecule has 1 aromatic carbocycles. The average molecular weight is 603 g/mol. The van der Waals surface area contributed by atoms with Crippen LogP contribution in [0.4, 0.5) is 11.6 Å². The van der Waals surface area contributed by atoms with Crippen molar-refractivity contribution >= 4 is 21.0 Å². The summed E-state index contributed by atoms with van der Waals surface area (Å²) in [5, 5.41) is 7.98. The van der Waals surface area contributed by atoms with Crippen LogP contribution in [-0.4, -0.2) is 79.8 Å². The van der Waals surface area contributed by atoms with Crippen LogP contribution in [0.1, 0.15) is 32.8 Å². The van der Waals surface area contributed by atoms with Gasteiger partial charge in [0.2, 0.25) is 5.88 Å². The zero-order valence-corrected chi connectivity index (χ0v) is 26.1. The van der Waals surface area contributed by atoms with Gasteiger partial charge in [0.15, 0.2) is 5.82 Å². The number of anilines is 2. The normalized spacial score (nSPS) is 17.6. The van der Waals surface area contributed by atoms with Crippen LogP contribution < -0.4 is 19.5 Å². The fraction of sp³-hybridized carbons (Fsp3) is 0.419. The van der Waals surface area contributed by atoms with Gasteiger partial charge in [0.25, 0.3) is 0 Å². The van der Waals surface area contributed by atoms with Crippen LogP contribution in [0.2, 0.25) is 0 Å². The molecule has 4 bridgehead atoms. The monoisotopic (exact) mass is 602 g/mol. The molecule has 0 saturated carbocycles. The highest BCUT2D eigenvalue weighted by Crippen LogP contribution is 2.36. The highest BCUT2D eigenvalue weighted by Gasteiger charge is 2.22. The topological polar surface area (TPSA) is 103 Å². The minimum atomic E-state index is -0.0514. The van der Waals surface area contributed by atoms with E-state index in [0.29, 0.717) is 49.5 Å². The second-order valence-electron chi connectivity index (χ2n) is 10.8. The Labute approximate surface area is 254 Å². The molecule has 1 saturated heterocycles. The van der Waals surface area contributed by atoms with Gasteiger partial charge in [-0.3, -0.25) is 9.57 Å². The molecule has 226 valence electrons. The van der Waals surface area contributed by atoms with Gasteiger partial charge in [0, 0.05) is 75.3 Å². The predicted molar refractivity (Wildman–Crippen MR) is 170 cm³/mol. The van der Waals surface area contributed by atoms with Crippen LogP contribution in [0.3, 0.4) is 0 Å². The first-order valence-corrected chi connectivity index (χ1v) is 15.5. The molecule has 2 aliphatic rings. The van der Waals surface area contributed by atoms with E-state index < -0.39 is 0 Å². The van der Waals surface area contributed by atoms with Crippen LogP contribution in [-0.2, 0) is 13.1 Å². The number of nitrogens with zero attached hydrogens (tertiary/aromatic N) is 7. The molecule has 1 fully saturated rings. The summed E-state index contributed by atoms with van der Waals surface area (Å²) in [6, 6.07) is 10.1. The maximum atomic E-state index is 6.24. The van der Waals surface area contributed by atoms with E-state index in [4.69, 9.17) is 24.2 Å². The Bertz CT molecular complexity index is 1560. The lowest BCUT2D eigenvalue weighted by Crippen LogP contribution is -2.41. The summed E-state index contributed by atoms with van der Waals surface area (Å²) in [4.78, 5) is 16.8. The molecular weight excluding hydrogens is 563 g/mol. The number of nitrogens with one attached hydrogen (secondary N) is 1. The standard InChI is InChI=1S/C31H39N8O3P/c1-4-39-31-26(19-34-39)29-33-18-25(30(36-29)35-28-17-24(8-10-32-28)42-21(3)9-15-41-31)22-6-7-23(27(16-22)40-5-2)20-37-11-13-38(43)14-12-37/h6-8,10,16-19,21H,4-5,9,11-15,20,43H2,1-3H3,(H,32,33,35,36)/t21-/m0/s1. The van der Waals surface area contributed by atoms with Crippen molar-refractivity contribution in [3.8, 4) is 39.9 Å². The third kappa shape index (κ3) is 6.74. The first-order chi connectivity index (χ1) is 21.0. The number of ether oxygens (including phenoxy) is 3. The first kappa shape index (κ1) is 29.3. The molecular formula is C31H39N8O3P. The lowest BCUT2D eigenvalue weighted by atomic mass is 10.0. The molecule has 2 aliphatic heterocycles. The van der Waals surface area contributed by atoms with Gasteiger partial charge < -0.3 is 19.5 Å². The van der Waals surface area contributed by atoms with Crippen molar-refractivity contribution < 1.29 is 14.2 Å². The smallest absolute Gasteiger partial charge is 0.223 e. The third-order valence-corrected chi connectivity index (χ3v) is 8.19. The highest BCUT2D eigenvalue weighted by molar-refractivity contribution is 7.13. The number of rotatable bonds is 6. The average Bonchev–Trinajstić information content (AvgIpc) is 3.42. The number of aromatic nitrogens is 5. The summed E-state index contributed by atoms with van der Waals surface area (Å²) >= 11 is 0. The largest absolute Gasteiger partial charge is 0.494 e. The Morgan fingerprint density at radius 2 is 1.91 bits per heavy atom. The molecule has 0 spiro atoms. The zero-order valence-electron chi connectivity index (χ0n) is 25.0. The SMILES string of the molecule is CCOc1cc(-c2cnc3nc2Nc2cc(ccn2)O[C@@H](C)CCOc2c-3cnn2CC)ccc1CN1CCN(P)CC1. The third-order valence-electron chi connectivity index (χ3n) is 7.68. The van der Waals surface area contributed by atoms with E-state index in [1.54, 1.807) is 12.4 Å². The van der Waals surface area contributed by atoms with Crippen molar-refractivity contribution in [2.75, 3.05) is 44.7 Å². The number of benzene rings is 1. The zero-order chi connectivity index (χ0) is 29.8. The van der Waals surface area contributed by atoms with Gasteiger partial charge >= 0.3 is 0 Å². The lowest BCUT2D eigenvalue weighted by molar-refractivity contribution is 0.171. The van der Waals surface area contributed by atoms with E-state index in [9.17, 15) is 0 Å². The molecule has 1 N–H and O–H groups in total. The molecule has 1 unspecified atom stereocenters. The summed E-state index contributed by atoms with van der Waals surface area (Å²) in [6.45, 7) is 12.8. The molecule has 43 heavy (non-hydrogen) atoms. The van der Waals surface area contributed by atoms with E-state index in [1.165, 1.54) is 5.56 Å². The van der Waals surface area contributed by atoms with E-state index in [1.807, 2.05) is 43.8 Å². The minimum Gasteiger partial charge on any atom is -0.494 e. The van der Waals surface area contributed by atoms with Crippen molar-refractivity contribution in [1.82, 2.24) is 34.3 Å². The molecule has 11 nitrogen and oxygen atoms in total. The van der Waals surface area contributed by atoms with Crippen molar-refractivity contribution in [2.45, 2.75) is 46.4 Å². The van der Waals surface area contributed by atoms with E-state index in [0.717, 1.165) is 60.9 Å². The molecule has 0 amide bonds. The maximum absolute atomic E-state index is 6.24. The van der Waals surface area contributed by atoms with Gasteiger partial charge in [-0.15, -0.1) is 0 Å². The number of hydrogen-bond acceptors (Lipinski definition) is 10. The van der Waals surface area contributed by atoms with Crippen LogP contribution in [0.15, 0.2) is 48.9 Å². The van der Waals surface area contributed by atoms with Crippen LogP contribution in [0.5, 0.6) is 17.4 Å². The molecule has 2 atom stereocenters. The van der Waals surface area contributed by atoms with Crippen molar-refractivity contribution in [2.24, 2.45) is 0 Å². The highest BCUT2D eigenvalue weighted by atomic mass is 31.0. The fourth-order valence-electron chi connectivity index (χ4n) is 5.32. The molecule has 3 aromatic heterocycles. The molecule has 5 heterocycles. The van der Waals surface area contributed by atoms with Crippen LogP contribution in [0.25, 0.3) is 22.5 Å². The van der Waals surface area contributed by atoms with Crippen LogP contribution >= 0.6 is 9.39 Å². The van der Waals surface area contributed by atoms with Gasteiger partial charge in [0.05, 0.1) is 25.5 Å². The lowest BCUT2D eigenvalue weighted by Gasteiger charge is -2.32. The van der Waals surface area contributed by atoms with Gasteiger partial charge in [-0.2, -0.15) is 5.10 Å². The predicted octanol–water partition coefficient (Wildman–Crippen LogP) is 5.02. The summed E-state index contributed by atoms with van der Waals surface area (Å²) in [5.41, 5.74) is 3.67. The Morgan fingerprint density at radius 3 is 2.72 bits per heavy atom. The summed E-state index contributed by atoms with van der Waals surface area (Å²) in [7, 11) is 2.81. The first-order valence-electron chi connectivity index (χ1n) is 14.9. The fourth-order valence-corrected chi connectivity index (χ4v) is 5.55. The Balaban J connectivity index is 1.41. The number of aryl methyl sites for hydroxylation is 1. The number of pyridine rings is 1. The summed E-state index contributed by atoms with van der Waals surface area (Å²) in [6.07, 6.45) is 5.99. The van der Waals surface area contributed by atoms with E-state index >= 15 is 0 Å².